The van der Waals surface area contributed by atoms with Crippen LogP contribution in [0.1, 0.15) is 12.0 Å². The van der Waals surface area contributed by atoms with Crippen molar-refractivity contribution in [1.29, 1.82) is 0 Å². The molecule has 0 amide bonds. The lowest BCUT2D eigenvalue weighted by Crippen LogP contribution is -2.41. The molecule has 1 aliphatic heterocycles. The maximum Gasteiger partial charge on any atom is 0.252 e. The van der Waals surface area contributed by atoms with Gasteiger partial charge < -0.3 is 4.74 Å². The lowest BCUT2D eigenvalue weighted by atomic mass is 10.0. The van der Waals surface area contributed by atoms with Gasteiger partial charge in [0, 0.05) is 26.0 Å². The van der Waals surface area contributed by atoms with Crippen molar-refractivity contribution in [2.45, 2.75) is 29.2 Å². The molecular formula is C15H18N2O3S2. The van der Waals surface area contributed by atoms with E-state index in [1.807, 2.05) is 12.1 Å². The molecule has 1 aliphatic rings. The van der Waals surface area contributed by atoms with Gasteiger partial charge in [0.15, 0.2) is 0 Å². The molecule has 0 radical (unpaired) electrons. The van der Waals surface area contributed by atoms with E-state index in [9.17, 15) is 8.42 Å². The Morgan fingerprint density at radius 3 is 2.91 bits per heavy atom. The molecule has 0 spiro atoms. The van der Waals surface area contributed by atoms with E-state index in [0.29, 0.717) is 23.6 Å². The van der Waals surface area contributed by atoms with Crippen LogP contribution in [0.3, 0.4) is 0 Å². The van der Waals surface area contributed by atoms with Crippen LogP contribution < -0.4 is 0 Å². The standard InChI is InChI=1S/C15H18N2O3S2/c1-20-14-6-8-17(22(18,19)15-5-3-9-21-15)13(14)10-12-4-2-7-16-11-12/h2-5,7,9,11,13-14H,6,8,10H2,1H3/t13-,14-/m0/s1. The predicted octanol–water partition coefficient (Wildman–Crippen LogP) is 2.16. The van der Waals surface area contributed by atoms with E-state index >= 15 is 0 Å². The lowest BCUT2D eigenvalue weighted by Gasteiger charge is -2.26. The summed E-state index contributed by atoms with van der Waals surface area (Å²) in [4.78, 5) is 4.11. The van der Waals surface area contributed by atoms with Crippen LogP contribution in [0.4, 0.5) is 0 Å². The molecule has 3 rings (SSSR count). The summed E-state index contributed by atoms with van der Waals surface area (Å²) in [5.41, 5.74) is 1.02. The van der Waals surface area contributed by atoms with Crippen molar-refractivity contribution in [2.24, 2.45) is 0 Å². The van der Waals surface area contributed by atoms with Gasteiger partial charge in [-0.05, 0) is 35.9 Å². The summed E-state index contributed by atoms with van der Waals surface area (Å²) in [5, 5.41) is 1.78. The molecule has 3 heterocycles. The zero-order chi connectivity index (χ0) is 15.6. The maximum absolute atomic E-state index is 12.8. The van der Waals surface area contributed by atoms with Crippen LogP contribution in [0, 0.1) is 0 Å². The minimum Gasteiger partial charge on any atom is -0.380 e. The monoisotopic (exact) mass is 338 g/mol. The molecule has 1 fully saturated rings. The van der Waals surface area contributed by atoms with Crippen molar-refractivity contribution >= 4 is 21.4 Å². The third-order valence-electron chi connectivity index (χ3n) is 3.96. The molecule has 118 valence electrons. The van der Waals surface area contributed by atoms with Crippen molar-refractivity contribution in [2.75, 3.05) is 13.7 Å². The highest BCUT2D eigenvalue weighted by atomic mass is 32.2. The molecule has 2 aromatic rings. The van der Waals surface area contributed by atoms with Gasteiger partial charge in [0.1, 0.15) is 4.21 Å². The number of ether oxygens (including phenoxy) is 1. The van der Waals surface area contributed by atoms with Gasteiger partial charge in [0.25, 0.3) is 10.0 Å². The van der Waals surface area contributed by atoms with Gasteiger partial charge in [-0.25, -0.2) is 8.42 Å². The minimum atomic E-state index is -3.46. The number of thiophene rings is 1. The van der Waals surface area contributed by atoms with Crippen LogP contribution in [-0.4, -0.2) is 43.5 Å². The van der Waals surface area contributed by atoms with E-state index in [1.165, 1.54) is 11.3 Å². The Hall–Kier alpha value is -1.28. The smallest absolute Gasteiger partial charge is 0.252 e. The highest BCUT2D eigenvalue weighted by Gasteiger charge is 2.42. The summed E-state index contributed by atoms with van der Waals surface area (Å²) in [6.45, 7) is 0.490. The number of hydrogen-bond acceptors (Lipinski definition) is 5. The number of nitrogens with zero attached hydrogens (tertiary/aromatic N) is 2. The summed E-state index contributed by atoms with van der Waals surface area (Å²) in [6, 6.07) is 7.05. The van der Waals surface area contributed by atoms with E-state index in [2.05, 4.69) is 4.98 Å². The van der Waals surface area contributed by atoms with Crippen molar-refractivity contribution in [3.63, 3.8) is 0 Å². The first-order valence-corrected chi connectivity index (χ1v) is 9.42. The van der Waals surface area contributed by atoms with Crippen LogP contribution in [0.25, 0.3) is 0 Å². The van der Waals surface area contributed by atoms with Crippen LogP contribution in [0.15, 0.2) is 46.2 Å². The van der Waals surface area contributed by atoms with Crippen LogP contribution in [-0.2, 0) is 21.2 Å². The van der Waals surface area contributed by atoms with Gasteiger partial charge in [-0.2, -0.15) is 4.31 Å². The molecule has 0 saturated carbocycles. The van der Waals surface area contributed by atoms with Gasteiger partial charge in [0.2, 0.25) is 0 Å². The second-order valence-electron chi connectivity index (χ2n) is 5.24. The molecular weight excluding hydrogens is 320 g/mol. The van der Waals surface area contributed by atoms with E-state index < -0.39 is 10.0 Å². The second-order valence-corrected chi connectivity index (χ2v) is 8.31. The number of rotatable bonds is 5. The molecule has 0 aromatic carbocycles. The first-order chi connectivity index (χ1) is 10.6. The van der Waals surface area contributed by atoms with Gasteiger partial charge in [-0.3, -0.25) is 4.98 Å². The number of aromatic nitrogens is 1. The van der Waals surface area contributed by atoms with Gasteiger partial charge in [0.05, 0.1) is 12.1 Å². The molecule has 2 aromatic heterocycles. The zero-order valence-corrected chi connectivity index (χ0v) is 13.9. The first kappa shape index (κ1) is 15.6. The number of pyridine rings is 1. The fourth-order valence-electron chi connectivity index (χ4n) is 2.89. The fraction of sp³-hybridized carbons (Fsp3) is 0.400. The third-order valence-corrected chi connectivity index (χ3v) is 7.26. The van der Waals surface area contributed by atoms with E-state index in [0.717, 1.165) is 5.56 Å². The summed E-state index contributed by atoms with van der Waals surface area (Å²) >= 11 is 1.25. The highest BCUT2D eigenvalue weighted by Crippen LogP contribution is 2.31. The SMILES string of the molecule is CO[C@H]1CCN(S(=O)(=O)c2cccs2)[C@H]1Cc1cccnc1. The molecule has 0 N–H and O–H groups in total. The lowest BCUT2D eigenvalue weighted by molar-refractivity contribution is 0.0810. The first-order valence-electron chi connectivity index (χ1n) is 7.10. The Bertz CT molecular complexity index is 702. The van der Waals surface area contributed by atoms with Gasteiger partial charge in [-0.1, -0.05) is 12.1 Å². The molecule has 5 nitrogen and oxygen atoms in total. The number of methoxy groups -OCH3 is 1. The average molecular weight is 338 g/mol. The van der Waals surface area contributed by atoms with E-state index in [-0.39, 0.29) is 12.1 Å². The number of hydrogen-bond donors (Lipinski definition) is 0. The molecule has 0 unspecified atom stereocenters. The molecule has 1 saturated heterocycles. The Balaban J connectivity index is 1.90. The average Bonchev–Trinajstić information content (AvgIpc) is 3.18. The Morgan fingerprint density at radius 1 is 1.41 bits per heavy atom. The maximum atomic E-state index is 12.8. The van der Waals surface area contributed by atoms with Gasteiger partial charge in [-0.15, -0.1) is 11.3 Å². The molecule has 0 bridgehead atoms. The van der Waals surface area contributed by atoms with Crippen molar-refractivity contribution < 1.29 is 13.2 Å². The minimum absolute atomic E-state index is 0.0880. The van der Waals surface area contributed by atoms with Crippen molar-refractivity contribution in [1.82, 2.24) is 9.29 Å². The zero-order valence-electron chi connectivity index (χ0n) is 12.3. The van der Waals surface area contributed by atoms with Crippen LogP contribution >= 0.6 is 11.3 Å². The van der Waals surface area contributed by atoms with Crippen molar-refractivity contribution in [3.05, 3.63) is 47.6 Å². The quantitative estimate of drug-likeness (QED) is 0.838. The predicted molar refractivity (Wildman–Crippen MR) is 85.4 cm³/mol. The topological polar surface area (TPSA) is 59.5 Å². The van der Waals surface area contributed by atoms with E-state index in [4.69, 9.17) is 4.74 Å². The summed E-state index contributed by atoms with van der Waals surface area (Å²) in [7, 11) is -1.82. The van der Waals surface area contributed by atoms with Crippen LogP contribution in [0.5, 0.6) is 0 Å². The second kappa shape index (κ2) is 6.45. The fourth-order valence-corrected chi connectivity index (χ4v) is 5.67. The Morgan fingerprint density at radius 2 is 2.27 bits per heavy atom. The molecule has 22 heavy (non-hydrogen) atoms. The Labute approximate surface area is 134 Å². The summed E-state index contributed by atoms with van der Waals surface area (Å²) < 4.78 is 33.1. The summed E-state index contributed by atoms with van der Waals surface area (Å²) in [6.07, 6.45) is 4.73. The largest absolute Gasteiger partial charge is 0.380 e. The highest BCUT2D eigenvalue weighted by molar-refractivity contribution is 7.91. The van der Waals surface area contributed by atoms with E-state index in [1.54, 1.807) is 41.3 Å². The number of sulfonamides is 1. The normalized spacial score (nSPS) is 23.0. The van der Waals surface area contributed by atoms with Gasteiger partial charge >= 0.3 is 0 Å². The Kier molecular flexibility index (Phi) is 4.58. The molecule has 0 aliphatic carbocycles. The molecule has 2 atom stereocenters. The third kappa shape index (κ3) is 2.94. The molecule has 7 heteroatoms. The van der Waals surface area contributed by atoms with Crippen LogP contribution in [0.2, 0.25) is 0 Å². The summed E-state index contributed by atoms with van der Waals surface area (Å²) in [5.74, 6) is 0. The van der Waals surface area contributed by atoms with Crippen molar-refractivity contribution in [3.8, 4) is 0 Å².